The summed E-state index contributed by atoms with van der Waals surface area (Å²) in [6.07, 6.45) is -4.41. The van der Waals surface area contributed by atoms with Gasteiger partial charge < -0.3 is 28.4 Å². The van der Waals surface area contributed by atoms with E-state index >= 15 is 0 Å². The van der Waals surface area contributed by atoms with Crippen LogP contribution >= 0.6 is 34.8 Å². The lowest BCUT2D eigenvalue weighted by Crippen LogP contribution is -2.64. The van der Waals surface area contributed by atoms with Crippen molar-refractivity contribution in [2.24, 2.45) is 0 Å². The molecule has 2 aliphatic rings. The fraction of sp³-hybridized carbons (Fsp3) is 0.345. The predicted octanol–water partition coefficient (Wildman–Crippen LogP) is 6.36. The van der Waals surface area contributed by atoms with Crippen LogP contribution < -0.4 is 0 Å². The molecule has 0 aliphatic carbocycles. The molecule has 0 spiro atoms. The highest BCUT2D eigenvalue weighted by Gasteiger charge is 2.53. The minimum absolute atomic E-state index is 0.196. The third-order valence-corrected chi connectivity index (χ3v) is 6.93. The van der Waals surface area contributed by atoms with Gasteiger partial charge in [-0.15, -0.1) is 0 Å². The maximum absolute atomic E-state index is 8.18. The Balaban J connectivity index is 1.44. The summed E-state index contributed by atoms with van der Waals surface area (Å²) in [5.41, 5.74) is 2.78. The van der Waals surface area contributed by atoms with Crippen LogP contribution in [0.1, 0.15) is 23.0 Å². The molecule has 1 N–H and O–H groups in total. The van der Waals surface area contributed by atoms with Crippen LogP contribution in [0.2, 0.25) is 0 Å². The first-order valence-corrected chi connectivity index (χ1v) is 13.6. The van der Waals surface area contributed by atoms with E-state index < -0.39 is 46.7 Å². The van der Waals surface area contributed by atoms with E-state index in [4.69, 9.17) is 68.6 Å². The average Bonchev–Trinajstić information content (AvgIpc) is 2.96. The lowest BCUT2D eigenvalue weighted by atomic mass is 9.97. The molecule has 0 radical (unpaired) electrons. The number of alkyl halides is 3. The van der Waals surface area contributed by atoms with E-state index in [2.05, 4.69) is 0 Å². The van der Waals surface area contributed by atoms with Crippen molar-refractivity contribution < 1.29 is 28.4 Å². The second kappa shape index (κ2) is 13.0. The molecule has 7 nitrogen and oxygen atoms in total. The second-order valence-electron chi connectivity index (χ2n) is 9.19. The van der Waals surface area contributed by atoms with Crippen LogP contribution in [0, 0.1) is 5.41 Å². The van der Waals surface area contributed by atoms with E-state index in [0.717, 1.165) is 16.7 Å². The van der Waals surface area contributed by atoms with Gasteiger partial charge in [0.2, 0.25) is 12.2 Å². The van der Waals surface area contributed by atoms with Gasteiger partial charge in [-0.25, -0.2) is 0 Å². The van der Waals surface area contributed by atoms with Gasteiger partial charge in [0.1, 0.15) is 24.4 Å². The first-order chi connectivity index (χ1) is 18.9. The summed E-state index contributed by atoms with van der Waals surface area (Å²) in [7, 11) is 0. The summed E-state index contributed by atoms with van der Waals surface area (Å²) in [5.74, 6) is -0.592. The van der Waals surface area contributed by atoms with E-state index in [1.54, 1.807) is 0 Å². The van der Waals surface area contributed by atoms with Crippen LogP contribution in [0.5, 0.6) is 0 Å². The van der Waals surface area contributed by atoms with Crippen molar-refractivity contribution in [2.45, 2.75) is 54.0 Å². The highest BCUT2D eigenvalue weighted by atomic mass is 35.6. The number of ether oxygens (including phenoxy) is 6. The van der Waals surface area contributed by atoms with Crippen molar-refractivity contribution in [1.82, 2.24) is 0 Å². The molecule has 10 heteroatoms. The fourth-order valence-corrected chi connectivity index (χ4v) is 4.64. The molecule has 1 unspecified atom stereocenters. The Morgan fingerprint density at radius 1 is 0.769 bits per heavy atom. The van der Waals surface area contributed by atoms with Gasteiger partial charge in [0.05, 0.1) is 19.8 Å². The maximum Gasteiger partial charge on any atom is 0.265 e. The number of hydrogen-bond donors (Lipinski definition) is 1. The average molecular weight is 593 g/mol. The SMILES string of the molecule is N=C(OC1O[C@@H]2CO[C@@H](c3ccccc3)O[C@H]2[C@H](OCc2ccccc2)[C@H]1OCc1ccccc1)C(Cl)(Cl)Cl. The first kappa shape index (κ1) is 28.3. The van der Waals surface area contributed by atoms with Gasteiger partial charge >= 0.3 is 0 Å². The third-order valence-electron chi connectivity index (χ3n) is 6.42. The largest absolute Gasteiger partial charge is 0.445 e. The predicted molar refractivity (Wildman–Crippen MR) is 148 cm³/mol. The molecule has 2 aliphatic heterocycles. The summed E-state index contributed by atoms with van der Waals surface area (Å²) >= 11 is 17.8. The summed E-state index contributed by atoms with van der Waals surface area (Å²) in [4.78, 5) is 0. The summed E-state index contributed by atoms with van der Waals surface area (Å²) < 4.78 is 35.2. The molecule has 3 aromatic carbocycles. The van der Waals surface area contributed by atoms with Crippen molar-refractivity contribution >= 4 is 40.7 Å². The molecule has 39 heavy (non-hydrogen) atoms. The molecule has 2 fully saturated rings. The zero-order valence-corrected chi connectivity index (χ0v) is 23.1. The Hall–Kier alpha value is -2.20. The van der Waals surface area contributed by atoms with E-state index in [1.807, 2.05) is 91.0 Å². The van der Waals surface area contributed by atoms with Crippen LogP contribution in [-0.4, -0.2) is 47.0 Å². The van der Waals surface area contributed by atoms with Crippen molar-refractivity contribution in [3.05, 3.63) is 108 Å². The summed E-state index contributed by atoms with van der Waals surface area (Å²) in [5, 5.41) is 8.18. The number of benzene rings is 3. The number of halogens is 3. The molecule has 5 rings (SSSR count). The van der Waals surface area contributed by atoms with Crippen molar-refractivity contribution in [3.63, 3.8) is 0 Å². The van der Waals surface area contributed by atoms with Crippen LogP contribution in [0.25, 0.3) is 0 Å². The molecule has 0 aromatic heterocycles. The molecule has 3 aromatic rings. The zero-order valence-electron chi connectivity index (χ0n) is 20.8. The molecule has 0 saturated carbocycles. The number of rotatable bonds is 8. The Bertz CT molecular complexity index is 1200. The highest BCUT2D eigenvalue weighted by Crippen LogP contribution is 2.38. The molecular weight excluding hydrogens is 565 g/mol. The Kier molecular flexibility index (Phi) is 9.43. The minimum Gasteiger partial charge on any atom is -0.445 e. The van der Waals surface area contributed by atoms with E-state index in [0.29, 0.717) is 0 Å². The summed E-state index contributed by atoms with van der Waals surface area (Å²) in [6.45, 7) is 0.716. The Morgan fingerprint density at radius 2 is 1.31 bits per heavy atom. The van der Waals surface area contributed by atoms with Crippen LogP contribution in [-0.2, 0) is 41.6 Å². The number of fused-ring (bicyclic) bond motifs is 1. The maximum atomic E-state index is 8.18. The van der Waals surface area contributed by atoms with Gasteiger partial charge in [-0.05, 0) is 11.1 Å². The Morgan fingerprint density at radius 3 is 1.87 bits per heavy atom. The molecular formula is C29H28Cl3NO6. The highest BCUT2D eigenvalue weighted by molar-refractivity contribution is 6.76. The first-order valence-electron chi connectivity index (χ1n) is 12.5. The van der Waals surface area contributed by atoms with Gasteiger partial charge in [0, 0.05) is 5.56 Å². The van der Waals surface area contributed by atoms with Crippen molar-refractivity contribution in [1.29, 1.82) is 5.41 Å². The van der Waals surface area contributed by atoms with Crippen molar-refractivity contribution in [3.8, 4) is 0 Å². The second-order valence-corrected chi connectivity index (χ2v) is 11.5. The normalized spacial score (nSPS) is 26.9. The standard InChI is InChI=1S/C29H28Cl3NO6/c30-29(31,32)28(33)39-27-25(35-17-20-12-6-2-7-13-20)24(34-16-19-10-4-1-5-11-19)23-22(37-27)18-36-26(38-23)21-14-8-3-9-15-21/h1-15,22-27,33H,16-18H2/t22-,23-,24+,25-,26-,27?/m1/s1. The minimum atomic E-state index is -2.08. The molecule has 2 heterocycles. The van der Waals surface area contributed by atoms with E-state index in [9.17, 15) is 0 Å². The zero-order chi connectivity index (χ0) is 27.2. The fourth-order valence-electron chi connectivity index (χ4n) is 4.50. The van der Waals surface area contributed by atoms with E-state index in [1.165, 1.54) is 0 Å². The summed E-state index contributed by atoms with van der Waals surface area (Å²) in [6, 6.07) is 29.1. The van der Waals surface area contributed by atoms with Gasteiger partial charge in [-0.2, -0.15) is 0 Å². The van der Waals surface area contributed by atoms with Gasteiger partial charge in [0.25, 0.3) is 3.79 Å². The number of nitrogens with one attached hydrogen (secondary N) is 1. The van der Waals surface area contributed by atoms with Crippen LogP contribution in [0.4, 0.5) is 0 Å². The smallest absolute Gasteiger partial charge is 0.265 e. The van der Waals surface area contributed by atoms with Gasteiger partial charge in [0.15, 0.2) is 6.29 Å². The monoisotopic (exact) mass is 591 g/mol. The lowest BCUT2D eigenvalue weighted by Gasteiger charge is -2.48. The molecule has 2 saturated heterocycles. The van der Waals surface area contributed by atoms with Crippen LogP contribution in [0.15, 0.2) is 91.0 Å². The quantitative estimate of drug-likeness (QED) is 0.186. The van der Waals surface area contributed by atoms with Crippen molar-refractivity contribution in [2.75, 3.05) is 6.61 Å². The molecule has 6 atom stereocenters. The van der Waals surface area contributed by atoms with Crippen LogP contribution in [0.3, 0.4) is 0 Å². The van der Waals surface area contributed by atoms with Gasteiger partial charge in [-0.3, -0.25) is 5.41 Å². The molecule has 0 bridgehead atoms. The van der Waals surface area contributed by atoms with Gasteiger partial charge in [-0.1, -0.05) is 126 Å². The lowest BCUT2D eigenvalue weighted by molar-refractivity contribution is -0.363. The Labute approximate surface area is 242 Å². The molecule has 206 valence electrons. The molecule has 0 amide bonds. The topological polar surface area (TPSA) is 79.2 Å². The number of hydrogen-bond acceptors (Lipinski definition) is 7. The van der Waals surface area contributed by atoms with E-state index in [-0.39, 0.29) is 19.8 Å². The third kappa shape index (κ3) is 7.31.